The highest BCUT2D eigenvalue weighted by molar-refractivity contribution is 5.98. The highest BCUT2D eigenvalue weighted by atomic mass is 16.7. The number of benzene rings is 1. The predicted octanol–water partition coefficient (Wildman–Crippen LogP) is 3.10. The van der Waals surface area contributed by atoms with E-state index in [1.54, 1.807) is 12.1 Å². The molecule has 2 heterocycles. The Balaban J connectivity index is 2.16. The molecular formula is C15H15NO6. The largest absolute Gasteiger partial charge is 0.513 e. The molecule has 1 aliphatic heterocycles. The summed E-state index contributed by atoms with van der Waals surface area (Å²) in [4.78, 5) is 24.9. The summed E-state index contributed by atoms with van der Waals surface area (Å²) in [6.07, 6.45) is 1.84. The normalized spacial score (nSPS) is 13.6. The quantitative estimate of drug-likeness (QED) is 0.595. The van der Waals surface area contributed by atoms with E-state index in [0.717, 1.165) is 23.8 Å². The van der Waals surface area contributed by atoms with Crippen LogP contribution in [0.1, 0.15) is 12.0 Å². The molecule has 2 aromatic rings. The Morgan fingerprint density at radius 1 is 1.27 bits per heavy atom. The standard InChI is InChI=1S/C15H15NO6/c1-19-14(17)16-6-3-4-9-10-5-7-21-13(10)12(8-11(9)16)22-15(18)20-2/h5,7-8H,3-4,6H2,1-2H3. The number of furan rings is 1. The maximum absolute atomic E-state index is 11.9. The van der Waals surface area contributed by atoms with Crippen molar-refractivity contribution in [3.05, 3.63) is 24.0 Å². The van der Waals surface area contributed by atoms with E-state index >= 15 is 0 Å². The van der Waals surface area contributed by atoms with Gasteiger partial charge >= 0.3 is 12.2 Å². The van der Waals surface area contributed by atoms with Crippen LogP contribution in [-0.2, 0) is 15.9 Å². The molecule has 1 aliphatic rings. The Morgan fingerprint density at radius 3 is 2.82 bits per heavy atom. The van der Waals surface area contributed by atoms with Gasteiger partial charge in [0.1, 0.15) is 0 Å². The number of nitrogens with zero attached hydrogens (tertiary/aromatic N) is 1. The molecule has 0 fully saturated rings. The van der Waals surface area contributed by atoms with Gasteiger partial charge in [0.2, 0.25) is 0 Å². The van der Waals surface area contributed by atoms with Gasteiger partial charge < -0.3 is 18.6 Å². The van der Waals surface area contributed by atoms with E-state index in [9.17, 15) is 9.59 Å². The minimum Gasteiger partial charge on any atom is -0.460 e. The van der Waals surface area contributed by atoms with Crippen molar-refractivity contribution in [3.63, 3.8) is 0 Å². The SMILES string of the molecule is COC(=O)Oc1cc2c(c3ccoc13)CCCN2C(=O)OC. The Morgan fingerprint density at radius 2 is 2.09 bits per heavy atom. The van der Waals surface area contributed by atoms with Crippen LogP contribution in [0, 0.1) is 0 Å². The van der Waals surface area contributed by atoms with Crippen molar-refractivity contribution in [2.45, 2.75) is 12.8 Å². The number of ether oxygens (including phenoxy) is 3. The highest BCUT2D eigenvalue weighted by Crippen LogP contribution is 2.40. The van der Waals surface area contributed by atoms with E-state index in [2.05, 4.69) is 4.74 Å². The van der Waals surface area contributed by atoms with Gasteiger partial charge in [-0.3, -0.25) is 4.90 Å². The second-order valence-electron chi connectivity index (χ2n) is 4.82. The number of rotatable bonds is 1. The predicted molar refractivity (Wildman–Crippen MR) is 77.3 cm³/mol. The Labute approximate surface area is 126 Å². The molecule has 0 spiro atoms. The first-order valence-electron chi connectivity index (χ1n) is 6.80. The number of aryl methyl sites for hydroxylation is 1. The smallest absolute Gasteiger partial charge is 0.460 e. The molecule has 7 nitrogen and oxygen atoms in total. The second kappa shape index (κ2) is 5.59. The number of hydrogen-bond donors (Lipinski definition) is 0. The van der Waals surface area contributed by atoms with Gasteiger partial charge in [0.05, 0.1) is 26.2 Å². The van der Waals surface area contributed by atoms with Crippen molar-refractivity contribution in [2.75, 3.05) is 25.7 Å². The molecule has 0 bridgehead atoms. The molecule has 0 N–H and O–H groups in total. The molecule has 3 rings (SSSR count). The highest BCUT2D eigenvalue weighted by Gasteiger charge is 2.28. The van der Waals surface area contributed by atoms with Crippen molar-refractivity contribution < 1.29 is 28.2 Å². The molecule has 0 atom stereocenters. The van der Waals surface area contributed by atoms with Gasteiger partial charge in [-0.15, -0.1) is 0 Å². The molecule has 1 amide bonds. The number of methoxy groups -OCH3 is 2. The van der Waals surface area contributed by atoms with Crippen LogP contribution in [0.2, 0.25) is 0 Å². The van der Waals surface area contributed by atoms with Gasteiger partial charge in [-0.2, -0.15) is 0 Å². The summed E-state index contributed by atoms with van der Waals surface area (Å²) in [5.41, 5.74) is 2.08. The number of anilines is 1. The lowest BCUT2D eigenvalue weighted by atomic mass is 9.98. The maximum Gasteiger partial charge on any atom is 0.513 e. The van der Waals surface area contributed by atoms with Crippen molar-refractivity contribution in [2.24, 2.45) is 0 Å². The fourth-order valence-electron chi connectivity index (χ4n) is 2.70. The topological polar surface area (TPSA) is 78.2 Å². The minimum absolute atomic E-state index is 0.210. The number of carbonyl (C=O) groups is 2. The maximum atomic E-state index is 11.9. The molecule has 0 aliphatic carbocycles. The van der Waals surface area contributed by atoms with Gasteiger partial charge in [-0.1, -0.05) is 0 Å². The minimum atomic E-state index is -0.849. The van der Waals surface area contributed by atoms with Crippen LogP contribution in [-0.4, -0.2) is 33.0 Å². The van der Waals surface area contributed by atoms with E-state index < -0.39 is 12.2 Å². The van der Waals surface area contributed by atoms with E-state index in [1.807, 2.05) is 0 Å². The van der Waals surface area contributed by atoms with Crippen molar-refractivity contribution in [1.82, 2.24) is 0 Å². The number of hydrogen-bond acceptors (Lipinski definition) is 6. The Kier molecular flexibility index (Phi) is 3.62. The first-order valence-corrected chi connectivity index (χ1v) is 6.80. The fourth-order valence-corrected chi connectivity index (χ4v) is 2.70. The molecule has 0 radical (unpaired) electrons. The zero-order valence-electron chi connectivity index (χ0n) is 12.3. The molecule has 1 aromatic heterocycles. The zero-order chi connectivity index (χ0) is 15.7. The van der Waals surface area contributed by atoms with Gasteiger partial charge in [-0.05, 0) is 24.5 Å². The third-order valence-electron chi connectivity index (χ3n) is 3.65. The fraction of sp³-hybridized carbons (Fsp3) is 0.333. The molecule has 116 valence electrons. The van der Waals surface area contributed by atoms with Crippen LogP contribution in [0.25, 0.3) is 11.0 Å². The molecule has 0 saturated heterocycles. The molecule has 22 heavy (non-hydrogen) atoms. The van der Waals surface area contributed by atoms with Crippen LogP contribution >= 0.6 is 0 Å². The van der Waals surface area contributed by atoms with Crippen LogP contribution in [0.15, 0.2) is 22.8 Å². The van der Waals surface area contributed by atoms with Crippen molar-refractivity contribution >= 4 is 28.9 Å². The van der Waals surface area contributed by atoms with Crippen molar-refractivity contribution in [3.8, 4) is 5.75 Å². The van der Waals surface area contributed by atoms with Crippen LogP contribution in [0.5, 0.6) is 5.75 Å². The molecular weight excluding hydrogens is 290 g/mol. The summed E-state index contributed by atoms with van der Waals surface area (Å²) < 4.78 is 19.9. The second-order valence-corrected chi connectivity index (χ2v) is 4.82. The molecule has 0 saturated carbocycles. The average Bonchev–Trinajstić information content (AvgIpc) is 3.03. The summed E-state index contributed by atoms with van der Waals surface area (Å²) in [5, 5.41) is 0.810. The Bertz CT molecular complexity index is 735. The van der Waals surface area contributed by atoms with Crippen molar-refractivity contribution in [1.29, 1.82) is 0 Å². The molecule has 7 heteroatoms. The third kappa shape index (κ3) is 2.24. The van der Waals surface area contributed by atoms with E-state index in [-0.39, 0.29) is 5.75 Å². The zero-order valence-corrected chi connectivity index (χ0v) is 12.3. The summed E-state index contributed by atoms with van der Waals surface area (Å²) >= 11 is 0. The monoisotopic (exact) mass is 305 g/mol. The number of carbonyl (C=O) groups excluding carboxylic acids is 2. The number of amides is 1. The third-order valence-corrected chi connectivity index (χ3v) is 3.65. The summed E-state index contributed by atoms with van der Waals surface area (Å²) in [7, 11) is 2.56. The lowest BCUT2D eigenvalue weighted by Crippen LogP contribution is -2.35. The van der Waals surface area contributed by atoms with Crippen LogP contribution in [0.4, 0.5) is 15.3 Å². The van der Waals surface area contributed by atoms with Gasteiger partial charge in [-0.25, -0.2) is 9.59 Å². The average molecular weight is 305 g/mol. The van der Waals surface area contributed by atoms with Crippen LogP contribution in [0.3, 0.4) is 0 Å². The van der Waals surface area contributed by atoms with Gasteiger partial charge in [0.25, 0.3) is 0 Å². The summed E-state index contributed by atoms with van der Waals surface area (Å²) in [6, 6.07) is 3.40. The molecule has 1 aromatic carbocycles. The lowest BCUT2D eigenvalue weighted by molar-refractivity contribution is 0.121. The first kappa shape index (κ1) is 14.2. The van der Waals surface area contributed by atoms with E-state index in [1.165, 1.54) is 25.4 Å². The van der Waals surface area contributed by atoms with E-state index in [0.29, 0.717) is 17.8 Å². The van der Waals surface area contributed by atoms with Crippen LogP contribution < -0.4 is 9.64 Å². The first-order chi connectivity index (χ1) is 10.7. The Hall–Kier alpha value is -2.70. The summed E-state index contributed by atoms with van der Waals surface area (Å²) in [5.74, 6) is 0.210. The molecule has 0 unspecified atom stereocenters. The van der Waals surface area contributed by atoms with Gasteiger partial charge in [0, 0.05) is 18.0 Å². The lowest BCUT2D eigenvalue weighted by Gasteiger charge is -2.29. The number of fused-ring (bicyclic) bond motifs is 3. The summed E-state index contributed by atoms with van der Waals surface area (Å²) in [6.45, 7) is 0.542. The van der Waals surface area contributed by atoms with Gasteiger partial charge in [0.15, 0.2) is 11.3 Å². The van der Waals surface area contributed by atoms with E-state index in [4.69, 9.17) is 13.9 Å².